The lowest BCUT2D eigenvalue weighted by atomic mass is 10.1. The number of morpholine rings is 1. The number of alkyl halides is 3. The number of aliphatic carboxylic acids is 1. The topological polar surface area (TPSA) is 168 Å². The highest BCUT2D eigenvalue weighted by atomic mass is 32.2. The van der Waals surface area contributed by atoms with Gasteiger partial charge in [0.05, 0.1) is 23.8 Å². The van der Waals surface area contributed by atoms with E-state index in [2.05, 4.69) is 19.1 Å². The molecule has 3 heterocycles. The molecule has 3 aromatic rings. The lowest BCUT2D eigenvalue weighted by Gasteiger charge is -2.26. The van der Waals surface area contributed by atoms with Crippen LogP contribution in [-0.4, -0.2) is 69.2 Å². The van der Waals surface area contributed by atoms with Crippen LogP contribution in [0.1, 0.15) is 23.7 Å². The molecule has 2 aromatic heterocycles. The minimum absolute atomic E-state index is 0.0663. The van der Waals surface area contributed by atoms with Crippen LogP contribution in [-0.2, 0) is 35.9 Å². The van der Waals surface area contributed by atoms with Crippen LogP contribution in [0.15, 0.2) is 51.2 Å². The van der Waals surface area contributed by atoms with Gasteiger partial charge in [-0.3, -0.25) is 9.52 Å². The third-order valence-corrected chi connectivity index (χ3v) is 11.0. The lowest BCUT2D eigenvalue weighted by molar-refractivity contribution is -0.155. The first kappa shape index (κ1) is 28.5. The summed E-state index contributed by atoms with van der Waals surface area (Å²) in [6, 6.07) is 8.99. The summed E-state index contributed by atoms with van der Waals surface area (Å²) >= 11 is 0.593. The zero-order valence-electron chi connectivity index (χ0n) is 20.2. The average molecular weight is 623 g/mol. The predicted molar refractivity (Wildman–Crippen MR) is 134 cm³/mol. The molecule has 1 aliphatic carbocycles. The minimum atomic E-state index is -4.77. The van der Waals surface area contributed by atoms with E-state index in [1.807, 2.05) is 0 Å². The molecule has 0 unspecified atom stereocenters. The van der Waals surface area contributed by atoms with Crippen LogP contribution in [0, 0.1) is 0 Å². The first-order valence-corrected chi connectivity index (χ1v) is 15.3. The fourth-order valence-electron chi connectivity index (χ4n) is 4.29. The molecule has 216 valence electrons. The lowest BCUT2D eigenvalue weighted by Crippen LogP contribution is -2.44. The van der Waals surface area contributed by atoms with Crippen LogP contribution in [0.4, 0.5) is 18.9 Å². The molecule has 1 saturated heterocycles. The molecule has 5 rings (SSSR count). The van der Waals surface area contributed by atoms with Crippen molar-refractivity contribution in [2.45, 2.75) is 28.3 Å². The Morgan fingerprint density at radius 2 is 1.85 bits per heavy atom. The number of carbonyl (C=O) groups is 1. The van der Waals surface area contributed by atoms with Crippen molar-refractivity contribution in [1.29, 1.82) is 0 Å². The van der Waals surface area contributed by atoms with Crippen molar-refractivity contribution in [2.75, 3.05) is 31.0 Å². The van der Waals surface area contributed by atoms with Gasteiger partial charge in [0.15, 0.2) is 0 Å². The number of halogens is 3. The smallest absolute Gasteiger partial charge is 0.452 e. The molecule has 1 aromatic carbocycles. The van der Waals surface area contributed by atoms with Crippen LogP contribution < -0.4 is 9.44 Å². The number of benzene rings is 1. The molecule has 0 bridgehead atoms. The number of hydrogen-bond acceptors (Lipinski definition) is 9. The van der Waals surface area contributed by atoms with Crippen LogP contribution >= 0.6 is 11.3 Å². The van der Waals surface area contributed by atoms with E-state index < -0.39 is 49.6 Å². The van der Waals surface area contributed by atoms with Gasteiger partial charge in [-0.05, 0) is 36.2 Å². The first-order valence-electron chi connectivity index (χ1n) is 11.6. The van der Waals surface area contributed by atoms with Gasteiger partial charge in [-0.2, -0.15) is 30.6 Å². The van der Waals surface area contributed by atoms with E-state index in [-0.39, 0.29) is 53.2 Å². The third-order valence-electron chi connectivity index (χ3n) is 6.39. The van der Waals surface area contributed by atoms with Gasteiger partial charge in [-0.15, -0.1) is 11.3 Å². The second-order valence-electron chi connectivity index (χ2n) is 9.08. The molecular weight excluding hydrogens is 601 g/mol. The summed E-state index contributed by atoms with van der Waals surface area (Å²) in [4.78, 5) is 12.3. The Bertz CT molecular complexity index is 1650. The van der Waals surface area contributed by atoms with Gasteiger partial charge in [0.25, 0.3) is 10.0 Å². The summed E-state index contributed by atoms with van der Waals surface area (Å²) in [7, 11) is -8.32. The number of anilines is 1. The molecular formula is C22H21F3N4O8S3. The fraction of sp³-hybridized carbons (Fsp3) is 0.364. The van der Waals surface area contributed by atoms with Gasteiger partial charge in [0.2, 0.25) is 5.76 Å². The highest BCUT2D eigenvalue weighted by molar-refractivity contribution is 7.91. The van der Waals surface area contributed by atoms with E-state index in [1.54, 1.807) is 6.07 Å². The van der Waals surface area contributed by atoms with Crippen molar-refractivity contribution < 1.29 is 49.2 Å². The summed E-state index contributed by atoms with van der Waals surface area (Å²) in [6.45, 7) is 0.852. The number of nitrogens with zero attached hydrogens (tertiary/aromatic N) is 2. The second-order valence-corrected chi connectivity index (χ2v) is 13.7. The zero-order chi connectivity index (χ0) is 28.9. The molecule has 0 spiro atoms. The number of sulfonamides is 1. The third kappa shape index (κ3) is 5.59. The van der Waals surface area contributed by atoms with Gasteiger partial charge in [-0.25, -0.2) is 8.42 Å². The quantitative estimate of drug-likeness (QED) is 0.325. The Labute approximate surface area is 230 Å². The molecule has 18 heteroatoms. The maximum absolute atomic E-state index is 13.1. The van der Waals surface area contributed by atoms with E-state index in [1.165, 1.54) is 28.6 Å². The van der Waals surface area contributed by atoms with Crippen molar-refractivity contribution in [3.05, 3.63) is 53.8 Å². The number of carboxylic acid groups (broad SMARTS) is 1. The summed E-state index contributed by atoms with van der Waals surface area (Å²) in [6.07, 6.45) is -4.88. The molecule has 1 saturated carbocycles. The Morgan fingerprint density at radius 3 is 2.50 bits per heavy atom. The molecule has 0 radical (unpaired) electrons. The van der Waals surface area contributed by atoms with Crippen molar-refractivity contribution in [1.82, 2.24) is 14.2 Å². The summed E-state index contributed by atoms with van der Waals surface area (Å²) < 4.78 is 105. The number of aromatic nitrogens is 1. The van der Waals surface area contributed by atoms with Crippen LogP contribution in [0.2, 0.25) is 0 Å². The van der Waals surface area contributed by atoms with Crippen molar-refractivity contribution >= 4 is 43.2 Å². The number of thiophene rings is 1. The molecule has 12 nitrogen and oxygen atoms in total. The Balaban J connectivity index is 1.34. The Morgan fingerprint density at radius 1 is 1.12 bits per heavy atom. The molecule has 3 N–H and O–H groups in total. The normalized spacial score (nSPS) is 22.2. The van der Waals surface area contributed by atoms with Crippen LogP contribution in [0.5, 0.6) is 0 Å². The van der Waals surface area contributed by atoms with Gasteiger partial charge in [-0.1, -0.05) is 17.3 Å². The Kier molecular flexibility index (Phi) is 7.20. The summed E-state index contributed by atoms with van der Waals surface area (Å²) in [5, 5.41) is 13.3. The zero-order valence-corrected chi connectivity index (χ0v) is 22.7. The SMILES string of the molecule is O=C(O)[C@@]1(NS(=O)(=O)c2ccc(-c3cc(C(F)(F)F)on3)s2)C[C@H]1c1cccc(NS(=O)(=O)N2CCOCC2)c1. The van der Waals surface area contributed by atoms with E-state index in [0.717, 1.165) is 6.07 Å². The Hall–Kier alpha value is -3.03. The predicted octanol–water partition coefficient (Wildman–Crippen LogP) is 2.70. The molecule has 2 atom stereocenters. The molecule has 0 amide bonds. The second kappa shape index (κ2) is 10.1. The number of hydrogen-bond donors (Lipinski definition) is 3. The van der Waals surface area contributed by atoms with Crippen LogP contribution in [0.25, 0.3) is 10.6 Å². The molecule has 2 fully saturated rings. The number of nitrogens with one attached hydrogen (secondary N) is 2. The summed E-state index contributed by atoms with van der Waals surface area (Å²) in [5.41, 5.74) is -1.58. The van der Waals surface area contributed by atoms with E-state index in [0.29, 0.717) is 23.0 Å². The van der Waals surface area contributed by atoms with Gasteiger partial charge >= 0.3 is 22.4 Å². The van der Waals surface area contributed by atoms with Crippen LogP contribution in [0.3, 0.4) is 0 Å². The highest BCUT2D eigenvalue weighted by Gasteiger charge is 2.63. The number of rotatable bonds is 9. The molecule has 2 aliphatic rings. The fourth-order valence-corrected chi connectivity index (χ4v) is 8.14. The minimum Gasteiger partial charge on any atom is -0.480 e. The number of carboxylic acids is 1. The largest absolute Gasteiger partial charge is 0.480 e. The van der Waals surface area contributed by atoms with E-state index >= 15 is 0 Å². The summed E-state index contributed by atoms with van der Waals surface area (Å²) in [5.74, 6) is -3.61. The van der Waals surface area contributed by atoms with Crippen molar-refractivity contribution in [3.63, 3.8) is 0 Å². The number of ether oxygens (including phenoxy) is 1. The molecule has 40 heavy (non-hydrogen) atoms. The highest BCUT2D eigenvalue weighted by Crippen LogP contribution is 2.53. The van der Waals surface area contributed by atoms with E-state index in [9.17, 15) is 39.9 Å². The maximum atomic E-state index is 13.1. The van der Waals surface area contributed by atoms with Crippen molar-refractivity contribution in [3.8, 4) is 10.6 Å². The van der Waals surface area contributed by atoms with E-state index in [4.69, 9.17) is 4.74 Å². The van der Waals surface area contributed by atoms with Gasteiger partial charge in [0, 0.05) is 25.1 Å². The van der Waals surface area contributed by atoms with Gasteiger partial charge in [0.1, 0.15) is 15.4 Å². The average Bonchev–Trinajstić information content (AvgIpc) is 3.24. The van der Waals surface area contributed by atoms with Crippen molar-refractivity contribution in [2.24, 2.45) is 0 Å². The monoisotopic (exact) mass is 622 g/mol. The first-order chi connectivity index (χ1) is 18.7. The standard InChI is InChI=1S/C22H21F3N4O8S3/c23-22(24,25)18-11-16(26-37-18)17-4-5-19(38-17)39(32,33)28-21(20(30)31)12-15(21)13-2-1-3-14(10-13)27-40(34,35)29-6-8-36-9-7-29/h1-5,10-11,15,27-28H,6-9,12H2,(H,30,31)/t15-,21+/m0/s1. The molecule has 1 aliphatic heterocycles. The van der Waals surface area contributed by atoms with Gasteiger partial charge < -0.3 is 14.4 Å². The maximum Gasteiger partial charge on any atom is 0.452 e.